The molecule has 0 saturated heterocycles. The Balaban J connectivity index is 2.09. The molecule has 0 atom stereocenters. The number of Topliss-reactive ketones (excluding diaryl/α,β-unsaturated/α-hetero) is 1. The van der Waals surface area contributed by atoms with Crippen LogP contribution in [-0.2, 0) is 4.79 Å². The molecule has 0 aliphatic carbocycles. The number of benzene rings is 1. The first-order valence-electron chi connectivity index (χ1n) is 6.58. The number of anilines is 1. The summed E-state index contributed by atoms with van der Waals surface area (Å²) in [6.45, 7) is 0. The third-order valence-electron chi connectivity index (χ3n) is 2.82. The van der Waals surface area contributed by atoms with Crippen LogP contribution >= 0.6 is 11.6 Å². The lowest BCUT2D eigenvalue weighted by Crippen LogP contribution is -2.18. The first-order chi connectivity index (χ1) is 11.0. The average Bonchev–Trinajstić information content (AvgIpc) is 2.56. The fourth-order valence-electron chi connectivity index (χ4n) is 1.72. The molecule has 2 rings (SSSR count). The second-order valence-corrected chi connectivity index (χ2v) is 4.81. The molecule has 23 heavy (non-hydrogen) atoms. The summed E-state index contributed by atoms with van der Waals surface area (Å²) >= 11 is 5.94. The molecule has 7 nitrogen and oxygen atoms in total. The maximum atomic E-state index is 12.1. The summed E-state index contributed by atoms with van der Waals surface area (Å²) in [6, 6.07) is 8.16. The molecule has 0 fully saturated rings. The van der Waals surface area contributed by atoms with Crippen molar-refractivity contribution in [2.45, 2.75) is 6.42 Å². The van der Waals surface area contributed by atoms with Crippen molar-refractivity contribution < 1.29 is 19.1 Å². The fourth-order valence-corrected chi connectivity index (χ4v) is 1.90. The highest BCUT2D eigenvalue weighted by Gasteiger charge is 2.18. The molecule has 1 amide bonds. The number of carbonyl (C=O) groups is 2. The molecule has 0 unspecified atom stereocenters. The lowest BCUT2D eigenvalue weighted by atomic mass is 10.2. The van der Waals surface area contributed by atoms with Crippen LogP contribution in [0.2, 0.25) is 5.02 Å². The number of amides is 1. The molecule has 0 saturated carbocycles. The van der Waals surface area contributed by atoms with E-state index < -0.39 is 18.1 Å². The number of aromatic nitrogens is 2. The molecular formula is C15H14ClN3O4. The normalized spacial score (nSPS) is 10.0. The zero-order chi connectivity index (χ0) is 16.8. The van der Waals surface area contributed by atoms with Crippen LogP contribution in [0.15, 0.2) is 30.3 Å². The highest BCUT2D eigenvalue weighted by Crippen LogP contribution is 2.21. The van der Waals surface area contributed by atoms with Gasteiger partial charge in [0.2, 0.25) is 29.3 Å². The van der Waals surface area contributed by atoms with Crippen molar-refractivity contribution in [3.8, 4) is 11.8 Å². The van der Waals surface area contributed by atoms with Gasteiger partial charge in [-0.25, -0.2) is 0 Å². The number of para-hydroxylation sites is 1. The SMILES string of the molecule is COc1cc(OC)nc(C(=O)CC(=O)Nc2ccccc2Cl)n1. The molecule has 0 aliphatic rings. The van der Waals surface area contributed by atoms with Gasteiger partial charge in [0.25, 0.3) is 0 Å². The van der Waals surface area contributed by atoms with Gasteiger partial charge in [-0.3, -0.25) is 9.59 Å². The summed E-state index contributed by atoms with van der Waals surface area (Å²) in [6.07, 6.45) is -0.429. The maximum Gasteiger partial charge on any atom is 0.232 e. The van der Waals surface area contributed by atoms with Gasteiger partial charge in [0.15, 0.2) is 0 Å². The minimum atomic E-state index is -0.563. The number of hydrogen-bond donors (Lipinski definition) is 1. The minimum absolute atomic E-state index is 0.157. The standard InChI is InChI=1S/C15H14ClN3O4/c1-22-13-8-14(23-2)19-15(18-13)11(20)7-12(21)17-10-6-4-3-5-9(10)16/h3-6,8H,7H2,1-2H3,(H,17,21). The Bertz CT molecular complexity index is 714. The molecule has 2 aromatic rings. The van der Waals surface area contributed by atoms with E-state index in [1.165, 1.54) is 20.3 Å². The molecule has 0 bridgehead atoms. The lowest BCUT2D eigenvalue weighted by molar-refractivity contribution is -0.115. The van der Waals surface area contributed by atoms with E-state index in [0.717, 1.165) is 0 Å². The minimum Gasteiger partial charge on any atom is -0.481 e. The quantitative estimate of drug-likeness (QED) is 0.643. The third kappa shape index (κ3) is 4.40. The van der Waals surface area contributed by atoms with Crippen molar-refractivity contribution in [3.63, 3.8) is 0 Å². The largest absolute Gasteiger partial charge is 0.481 e. The summed E-state index contributed by atoms with van der Waals surface area (Å²) in [4.78, 5) is 31.9. The van der Waals surface area contributed by atoms with E-state index in [0.29, 0.717) is 10.7 Å². The number of halogens is 1. The van der Waals surface area contributed by atoms with E-state index in [4.69, 9.17) is 21.1 Å². The van der Waals surface area contributed by atoms with E-state index in [-0.39, 0.29) is 17.6 Å². The van der Waals surface area contributed by atoms with Crippen LogP contribution in [0.25, 0.3) is 0 Å². The Morgan fingerprint density at radius 1 is 1.13 bits per heavy atom. The molecule has 1 aromatic carbocycles. The maximum absolute atomic E-state index is 12.1. The summed E-state index contributed by atoms with van der Waals surface area (Å²) in [5, 5.41) is 2.94. The van der Waals surface area contributed by atoms with Gasteiger partial charge in [-0.15, -0.1) is 0 Å². The number of hydrogen-bond acceptors (Lipinski definition) is 6. The van der Waals surface area contributed by atoms with Gasteiger partial charge in [-0.2, -0.15) is 9.97 Å². The van der Waals surface area contributed by atoms with Crippen molar-refractivity contribution in [1.29, 1.82) is 0 Å². The first kappa shape index (κ1) is 16.7. The summed E-state index contributed by atoms with van der Waals surface area (Å²) in [5.41, 5.74) is 0.427. The van der Waals surface area contributed by atoms with Crippen LogP contribution < -0.4 is 14.8 Å². The number of ketones is 1. The van der Waals surface area contributed by atoms with E-state index in [1.54, 1.807) is 24.3 Å². The van der Waals surface area contributed by atoms with Crippen LogP contribution in [0, 0.1) is 0 Å². The molecule has 1 aromatic heterocycles. The van der Waals surface area contributed by atoms with Gasteiger partial charge < -0.3 is 14.8 Å². The van der Waals surface area contributed by atoms with Crippen molar-refractivity contribution in [2.24, 2.45) is 0 Å². The van der Waals surface area contributed by atoms with Crippen LogP contribution in [-0.4, -0.2) is 35.9 Å². The Morgan fingerprint density at radius 3 is 2.30 bits per heavy atom. The third-order valence-corrected chi connectivity index (χ3v) is 3.15. The van der Waals surface area contributed by atoms with E-state index in [2.05, 4.69) is 15.3 Å². The number of carbonyl (C=O) groups excluding carboxylic acids is 2. The Hall–Kier alpha value is -2.67. The molecular weight excluding hydrogens is 322 g/mol. The Kier molecular flexibility index (Phi) is 5.48. The van der Waals surface area contributed by atoms with Crippen molar-refractivity contribution in [1.82, 2.24) is 9.97 Å². The van der Waals surface area contributed by atoms with E-state index in [1.807, 2.05) is 0 Å². The number of rotatable bonds is 6. The average molecular weight is 336 g/mol. The molecule has 8 heteroatoms. The predicted octanol–water partition coefficient (Wildman–Crippen LogP) is 2.36. The van der Waals surface area contributed by atoms with Crippen molar-refractivity contribution >= 4 is 29.0 Å². The van der Waals surface area contributed by atoms with Crippen LogP contribution in [0.4, 0.5) is 5.69 Å². The molecule has 0 aliphatic heterocycles. The molecule has 1 N–H and O–H groups in total. The topological polar surface area (TPSA) is 90.4 Å². The summed E-state index contributed by atoms with van der Waals surface area (Å²) in [5.74, 6) is -0.894. The number of methoxy groups -OCH3 is 2. The van der Waals surface area contributed by atoms with Gasteiger partial charge >= 0.3 is 0 Å². The van der Waals surface area contributed by atoms with E-state index in [9.17, 15) is 9.59 Å². The number of ether oxygens (including phenoxy) is 2. The second-order valence-electron chi connectivity index (χ2n) is 4.40. The van der Waals surface area contributed by atoms with Crippen LogP contribution in [0.3, 0.4) is 0 Å². The Morgan fingerprint density at radius 2 is 1.74 bits per heavy atom. The predicted molar refractivity (Wildman–Crippen MR) is 84.2 cm³/mol. The van der Waals surface area contributed by atoms with E-state index >= 15 is 0 Å². The monoisotopic (exact) mass is 335 g/mol. The Labute approximate surface area is 137 Å². The van der Waals surface area contributed by atoms with Gasteiger partial charge in [-0.1, -0.05) is 23.7 Å². The molecule has 0 radical (unpaired) electrons. The first-order valence-corrected chi connectivity index (χ1v) is 6.96. The van der Waals surface area contributed by atoms with Crippen molar-refractivity contribution in [3.05, 3.63) is 41.2 Å². The fraction of sp³-hybridized carbons (Fsp3) is 0.200. The lowest BCUT2D eigenvalue weighted by Gasteiger charge is -2.07. The summed E-state index contributed by atoms with van der Waals surface area (Å²) in [7, 11) is 2.81. The van der Waals surface area contributed by atoms with Gasteiger partial charge in [0.05, 0.1) is 37.4 Å². The highest BCUT2D eigenvalue weighted by molar-refractivity contribution is 6.33. The molecule has 120 valence electrons. The smallest absolute Gasteiger partial charge is 0.232 e. The van der Waals surface area contributed by atoms with Gasteiger partial charge in [0, 0.05) is 0 Å². The number of nitrogens with one attached hydrogen (secondary N) is 1. The number of nitrogens with zero attached hydrogens (tertiary/aromatic N) is 2. The zero-order valence-electron chi connectivity index (χ0n) is 12.5. The van der Waals surface area contributed by atoms with Crippen LogP contribution in [0.1, 0.15) is 17.0 Å². The molecule has 0 spiro atoms. The van der Waals surface area contributed by atoms with Gasteiger partial charge in [-0.05, 0) is 12.1 Å². The second kappa shape index (κ2) is 7.55. The zero-order valence-corrected chi connectivity index (χ0v) is 13.3. The van der Waals surface area contributed by atoms with Crippen molar-refractivity contribution in [2.75, 3.05) is 19.5 Å². The van der Waals surface area contributed by atoms with Gasteiger partial charge in [0.1, 0.15) is 0 Å². The summed E-state index contributed by atoms with van der Waals surface area (Å²) < 4.78 is 9.93. The molecule has 1 heterocycles. The highest BCUT2D eigenvalue weighted by atomic mass is 35.5. The van der Waals surface area contributed by atoms with Crippen LogP contribution in [0.5, 0.6) is 11.8 Å².